The number of amides is 1. The molecule has 120 valence electrons. The van der Waals surface area contributed by atoms with Gasteiger partial charge in [0.25, 0.3) is 0 Å². The van der Waals surface area contributed by atoms with Gasteiger partial charge in [0.05, 0.1) is 19.6 Å². The van der Waals surface area contributed by atoms with Crippen LogP contribution >= 0.6 is 0 Å². The van der Waals surface area contributed by atoms with Crippen LogP contribution in [0.15, 0.2) is 24.3 Å². The number of fused-ring (bicyclic) bond motifs is 1. The summed E-state index contributed by atoms with van der Waals surface area (Å²) in [6, 6.07) is 8.16. The van der Waals surface area contributed by atoms with E-state index in [0.29, 0.717) is 12.3 Å². The van der Waals surface area contributed by atoms with Gasteiger partial charge in [0.2, 0.25) is 5.91 Å². The van der Waals surface area contributed by atoms with Gasteiger partial charge in [-0.2, -0.15) is 0 Å². The lowest BCUT2D eigenvalue weighted by Crippen LogP contribution is -2.41. The first kappa shape index (κ1) is 15.5. The maximum absolute atomic E-state index is 12.7. The van der Waals surface area contributed by atoms with Crippen LogP contribution in [0.5, 0.6) is 0 Å². The fraction of sp³-hybridized carbons (Fsp3) is 0.611. The fourth-order valence-corrected chi connectivity index (χ4v) is 3.96. The quantitative estimate of drug-likeness (QED) is 0.846. The van der Waals surface area contributed by atoms with Crippen molar-refractivity contribution in [1.82, 2.24) is 9.80 Å². The fourth-order valence-electron chi connectivity index (χ4n) is 3.96. The Hall–Kier alpha value is -1.39. The number of hydrogen-bond donors (Lipinski definition) is 0. The molecule has 2 saturated heterocycles. The number of nitrogens with zero attached hydrogens (tertiary/aromatic N) is 2. The molecule has 1 aromatic carbocycles. The van der Waals surface area contributed by atoms with Crippen LogP contribution in [0.4, 0.5) is 0 Å². The van der Waals surface area contributed by atoms with Crippen LogP contribution in [0.25, 0.3) is 0 Å². The molecule has 22 heavy (non-hydrogen) atoms. The van der Waals surface area contributed by atoms with Gasteiger partial charge in [0.15, 0.2) is 0 Å². The summed E-state index contributed by atoms with van der Waals surface area (Å²) in [4.78, 5) is 17.0. The van der Waals surface area contributed by atoms with E-state index < -0.39 is 0 Å². The average molecular weight is 302 g/mol. The lowest BCUT2D eigenvalue weighted by atomic mass is 9.81. The summed E-state index contributed by atoms with van der Waals surface area (Å²) in [7, 11) is 4.20. The highest BCUT2D eigenvalue weighted by Crippen LogP contribution is 2.41. The van der Waals surface area contributed by atoms with Crippen LogP contribution in [0.3, 0.4) is 0 Å². The second-order valence-corrected chi connectivity index (χ2v) is 7.19. The first-order valence-electron chi connectivity index (χ1n) is 8.05. The van der Waals surface area contributed by atoms with Gasteiger partial charge in [0, 0.05) is 31.0 Å². The third-order valence-corrected chi connectivity index (χ3v) is 5.11. The van der Waals surface area contributed by atoms with Crippen LogP contribution in [0, 0.1) is 18.3 Å². The molecule has 3 rings (SSSR count). The van der Waals surface area contributed by atoms with E-state index in [1.54, 1.807) is 0 Å². The molecule has 0 N–H and O–H groups in total. The maximum Gasteiger partial charge on any atom is 0.227 e. The SMILES string of the molecule is Cc1ccccc1CC(=O)N1C[C@@H]2COC[C@]2(CN(C)C)C1. The van der Waals surface area contributed by atoms with Crippen molar-refractivity contribution in [2.24, 2.45) is 11.3 Å². The van der Waals surface area contributed by atoms with E-state index >= 15 is 0 Å². The monoisotopic (exact) mass is 302 g/mol. The molecular weight excluding hydrogens is 276 g/mol. The highest BCUT2D eigenvalue weighted by Gasteiger charge is 2.51. The molecule has 4 nitrogen and oxygen atoms in total. The summed E-state index contributed by atoms with van der Waals surface area (Å²) in [5.74, 6) is 0.734. The van der Waals surface area contributed by atoms with Crippen molar-refractivity contribution in [3.8, 4) is 0 Å². The first-order chi connectivity index (χ1) is 10.5. The van der Waals surface area contributed by atoms with Crippen LogP contribution in [-0.2, 0) is 16.0 Å². The molecule has 1 aromatic rings. The molecule has 0 bridgehead atoms. The first-order valence-corrected chi connectivity index (χ1v) is 8.05. The van der Waals surface area contributed by atoms with Gasteiger partial charge in [-0.25, -0.2) is 0 Å². The van der Waals surface area contributed by atoms with Crippen molar-refractivity contribution in [2.45, 2.75) is 13.3 Å². The predicted molar refractivity (Wildman–Crippen MR) is 86.8 cm³/mol. The van der Waals surface area contributed by atoms with E-state index in [0.717, 1.165) is 38.4 Å². The number of aryl methyl sites for hydroxylation is 1. The third kappa shape index (κ3) is 2.90. The number of carbonyl (C=O) groups excluding carboxylic acids is 1. The molecule has 2 heterocycles. The van der Waals surface area contributed by atoms with Crippen LogP contribution < -0.4 is 0 Å². The average Bonchev–Trinajstić information content (AvgIpc) is 2.96. The van der Waals surface area contributed by atoms with Gasteiger partial charge in [0.1, 0.15) is 0 Å². The molecule has 0 unspecified atom stereocenters. The van der Waals surface area contributed by atoms with E-state index in [2.05, 4.69) is 43.0 Å². The number of carbonyl (C=O) groups is 1. The Morgan fingerprint density at radius 2 is 2.18 bits per heavy atom. The second-order valence-electron chi connectivity index (χ2n) is 7.19. The van der Waals surface area contributed by atoms with Gasteiger partial charge in [-0.1, -0.05) is 24.3 Å². The minimum atomic E-state index is 0.130. The zero-order valence-electron chi connectivity index (χ0n) is 13.8. The molecule has 0 aromatic heterocycles. The normalized spacial score (nSPS) is 27.5. The summed E-state index contributed by atoms with van der Waals surface area (Å²) < 4.78 is 5.72. The molecule has 2 aliphatic heterocycles. The summed E-state index contributed by atoms with van der Waals surface area (Å²) in [5, 5.41) is 0. The number of rotatable bonds is 4. The molecule has 0 radical (unpaired) electrons. The molecule has 0 aliphatic carbocycles. The summed E-state index contributed by atoms with van der Waals surface area (Å²) in [6.45, 7) is 6.32. The van der Waals surface area contributed by atoms with Crippen molar-refractivity contribution in [3.05, 3.63) is 35.4 Å². The van der Waals surface area contributed by atoms with E-state index in [9.17, 15) is 4.79 Å². The zero-order chi connectivity index (χ0) is 15.7. The lowest BCUT2D eigenvalue weighted by molar-refractivity contribution is -0.130. The van der Waals surface area contributed by atoms with E-state index in [1.807, 2.05) is 12.1 Å². The molecule has 1 amide bonds. The topological polar surface area (TPSA) is 32.8 Å². The van der Waals surface area contributed by atoms with E-state index in [1.165, 1.54) is 5.56 Å². The Kier molecular flexibility index (Phi) is 4.24. The van der Waals surface area contributed by atoms with Crippen LogP contribution in [0.2, 0.25) is 0 Å². The number of benzene rings is 1. The standard InChI is InChI=1S/C18H26N2O2/c1-14-6-4-5-7-15(14)8-17(21)20-9-16-10-22-13-18(16,12-20)11-19(2)3/h4-7,16H,8-13H2,1-3H3/t16-,18+/m1/s1. The summed E-state index contributed by atoms with van der Waals surface area (Å²) in [5.41, 5.74) is 2.47. The highest BCUT2D eigenvalue weighted by atomic mass is 16.5. The molecule has 2 atom stereocenters. The van der Waals surface area contributed by atoms with Gasteiger partial charge in [-0.3, -0.25) is 4.79 Å². The highest BCUT2D eigenvalue weighted by molar-refractivity contribution is 5.79. The number of likely N-dealkylation sites (tertiary alicyclic amines) is 1. The smallest absolute Gasteiger partial charge is 0.227 e. The van der Waals surface area contributed by atoms with Crippen molar-refractivity contribution < 1.29 is 9.53 Å². The molecular formula is C18H26N2O2. The minimum absolute atomic E-state index is 0.130. The molecule has 4 heteroatoms. The number of hydrogen-bond acceptors (Lipinski definition) is 3. The largest absolute Gasteiger partial charge is 0.380 e. The van der Waals surface area contributed by atoms with Gasteiger partial charge >= 0.3 is 0 Å². The van der Waals surface area contributed by atoms with Crippen molar-refractivity contribution in [3.63, 3.8) is 0 Å². The van der Waals surface area contributed by atoms with Gasteiger partial charge in [-0.05, 0) is 32.1 Å². The Balaban J connectivity index is 1.69. The minimum Gasteiger partial charge on any atom is -0.380 e. The van der Waals surface area contributed by atoms with Crippen molar-refractivity contribution >= 4 is 5.91 Å². The van der Waals surface area contributed by atoms with Crippen molar-refractivity contribution in [2.75, 3.05) is 46.9 Å². The Morgan fingerprint density at radius 3 is 2.91 bits per heavy atom. The predicted octanol–water partition coefficient (Wildman–Crippen LogP) is 1.57. The molecule has 0 saturated carbocycles. The summed E-state index contributed by atoms with van der Waals surface area (Å²) >= 11 is 0. The van der Waals surface area contributed by atoms with Crippen molar-refractivity contribution in [1.29, 1.82) is 0 Å². The Bertz CT molecular complexity index is 558. The molecule has 2 aliphatic rings. The third-order valence-electron chi connectivity index (χ3n) is 5.11. The second kappa shape index (κ2) is 6.01. The van der Waals surface area contributed by atoms with E-state index in [-0.39, 0.29) is 11.3 Å². The molecule has 2 fully saturated rings. The Labute approximate surface area is 133 Å². The van der Waals surface area contributed by atoms with Crippen LogP contribution in [0.1, 0.15) is 11.1 Å². The number of ether oxygens (including phenoxy) is 1. The van der Waals surface area contributed by atoms with Crippen LogP contribution in [-0.4, -0.2) is 62.7 Å². The van der Waals surface area contributed by atoms with E-state index in [4.69, 9.17) is 4.74 Å². The lowest BCUT2D eigenvalue weighted by Gasteiger charge is -2.30. The van der Waals surface area contributed by atoms with Gasteiger partial charge in [-0.15, -0.1) is 0 Å². The summed E-state index contributed by atoms with van der Waals surface area (Å²) in [6.07, 6.45) is 0.512. The maximum atomic E-state index is 12.7. The zero-order valence-corrected chi connectivity index (χ0v) is 13.8. The Morgan fingerprint density at radius 1 is 1.41 bits per heavy atom. The van der Waals surface area contributed by atoms with Gasteiger partial charge < -0.3 is 14.5 Å². The molecule has 0 spiro atoms.